The van der Waals surface area contributed by atoms with Crippen molar-refractivity contribution in [3.63, 3.8) is 0 Å². The maximum atomic E-state index is 12.3. The first-order chi connectivity index (χ1) is 15.1. The van der Waals surface area contributed by atoms with E-state index in [1.165, 1.54) is 6.08 Å². The number of pyridine rings is 1. The number of benzene rings is 2. The Hall–Kier alpha value is -3.67. The summed E-state index contributed by atoms with van der Waals surface area (Å²) in [7, 11) is 0. The molecule has 0 fully saturated rings. The van der Waals surface area contributed by atoms with E-state index in [-0.39, 0.29) is 18.4 Å². The molecule has 0 aliphatic heterocycles. The van der Waals surface area contributed by atoms with Crippen LogP contribution in [0.2, 0.25) is 0 Å². The molecule has 3 rings (SSSR count). The van der Waals surface area contributed by atoms with Crippen LogP contribution >= 0.6 is 0 Å². The monoisotopic (exact) mass is 417 g/mol. The quantitative estimate of drug-likeness (QED) is 0.405. The molecule has 0 radical (unpaired) electrons. The summed E-state index contributed by atoms with van der Waals surface area (Å²) in [4.78, 5) is 29.0. The molecule has 0 saturated heterocycles. The molecular weight excluding hydrogens is 390 g/mol. The third kappa shape index (κ3) is 5.92. The molecule has 2 N–H and O–H groups in total. The van der Waals surface area contributed by atoms with Crippen LogP contribution in [0.4, 0.5) is 5.69 Å². The van der Waals surface area contributed by atoms with Gasteiger partial charge >= 0.3 is 5.97 Å². The fourth-order valence-electron chi connectivity index (χ4n) is 3.37. The van der Waals surface area contributed by atoms with Crippen LogP contribution in [0.3, 0.4) is 0 Å². The number of carbonyl (C=O) groups is 2. The normalized spacial score (nSPS) is 10.9. The number of carbonyl (C=O) groups excluding carboxylic acids is 2. The lowest BCUT2D eigenvalue weighted by Crippen LogP contribution is -2.23. The molecule has 6 heteroatoms. The molecule has 1 amide bonds. The van der Waals surface area contributed by atoms with Gasteiger partial charge in [-0.05, 0) is 36.6 Å². The zero-order chi connectivity index (χ0) is 22.1. The summed E-state index contributed by atoms with van der Waals surface area (Å²) >= 11 is 0. The summed E-state index contributed by atoms with van der Waals surface area (Å²) in [6.07, 6.45) is 3.99. The Morgan fingerprint density at radius 1 is 1.03 bits per heavy atom. The average molecular weight is 418 g/mol. The van der Waals surface area contributed by atoms with Gasteiger partial charge in [0.05, 0.1) is 24.4 Å². The van der Waals surface area contributed by atoms with Crippen molar-refractivity contribution in [1.29, 1.82) is 0 Å². The van der Waals surface area contributed by atoms with Crippen molar-refractivity contribution >= 4 is 34.5 Å². The fourth-order valence-corrected chi connectivity index (χ4v) is 3.37. The smallest absolute Gasteiger partial charge is 0.325 e. The molecule has 3 aromatic rings. The van der Waals surface area contributed by atoms with E-state index in [2.05, 4.69) is 10.6 Å². The van der Waals surface area contributed by atoms with Crippen molar-refractivity contribution in [2.45, 2.75) is 26.8 Å². The highest BCUT2D eigenvalue weighted by Crippen LogP contribution is 2.29. The van der Waals surface area contributed by atoms with Gasteiger partial charge in [-0.25, -0.2) is 0 Å². The van der Waals surface area contributed by atoms with Crippen molar-refractivity contribution in [3.05, 3.63) is 77.5 Å². The number of para-hydroxylation sites is 1. The number of fused-ring (bicyclic) bond motifs is 1. The van der Waals surface area contributed by atoms with Crippen LogP contribution in [0.5, 0.6) is 0 Å². The van der Waals surface area contributed by atoms with Gasteiger partial charge in [0.15, 0.2) is 0 Å². The number of nitrogens with zero attached hydrogens (tertiary/aromatic N) is 1. The SMILES string of the molecule is CCOC(=O)CNc1c(CC)c(CNC(=O)/C=C/c2ccccc2)nc2ccccc12. The minimum Gasteiger partial charge on any atom is -0.465 e. The lowest BCUT2D eigenvalue weighted by atomic mass is 10.0. The van der Waals surface area contributed by atoms with Crippen LogP contribution in [0.25, 0.3) is 17.0 Å². The Morgan fingerprint density at radius 3 is 2.52 bits per heavy atom. The number of hydrogen-bond donors (Lipinski definition) is 2. The third-order valence-corrected chi connectivity index (χ3v) is 4.80. The first kappa shape index (κ1) is 22.0. The van der Waals surface area contributed by atoms with Crippen LogP contribution in [0.15, 0.2) is 60.7 Å². The standard InChI is InChI=1S/C25H27N3O3/c1-3-19-22(16-26-23(29)15-14-18-10-6-5-7-11-18)28-21-13-9-8-12-20(21)25(19)27-17-24(30)31-4-2/h5-15H,3-4,16-17H2,1-2H3,(H,26,29)(H,27,28)/b15-14+. The zero-order valence-electron chi connectivity index (χ0n) is 17.9. The second-order valence-electron chi connectivity index (χ2n) is 6.90. The molecule has 0 unspecified atom stereocenters. The summed E-state index contributed by atoms with van der Waals surface area (Å²) in [5.41, 5.74) is 4.35. The van der Waals surface area contributed by atoms with Crippen molar-refractivity contribution in [1.82, 2.24) is 10.3 Å². The van der Waals surface area contributed by atoms with Gasteiger partial charge in [-0.3, -0.25) is 14.6 Å². The Morgan fingerprint density at radius 2 is 1.77 bits per heavy atom. The second-order valence-corrected chi connectivity index (χ2v) is 6.90. The fraction of sp³-hybridized carbons (Fsp3) is 0.240. The number of amides is 1. The summed E-state index contributed by atoms with van der Waals surface area (Å²) < 4.78 is 5.04. The van der Waals surface area contributed by atoms with Gasteiger partial charge in [0.1, 0.15) is 6.54 Å². The highest BCUT2D eigenvalue weighted by Gasteiger charge is 2.15. The number of rotatable bonds is 9. The molecule has 0 aliphatic rings. The molecule has 1 heterocycles. The zero-order valence-corrected chi connectivity index (χ0v) is 17.9. The molecule has 0 atom stereocenters. The topological polar surface area (TPSA) is 80.3 Å². The maximum absolute atomic E-state index is 12.3. The first-order valence-corrected chi connectivity index (χ1v) is 10.4. The van der Waals surface area contributed by atoms with E-state index in [0.29, 0.717) is 19.6 Å². The van der Waals surface area contributed by atoms with Gasteiger partial charge in [-0.15, -0.1) is 0 Å². The molecule has 0 bridgehead atoms. The molecule has 31 heavy (non-hydrogen) atoms. The molecule has 0 aliphatic carbocycles. The predicted octanol–water partition coefficient (Wildman–Crippen LogP) is 4.10. The number of esters is 1. The van der Waals surface area contributed by atoms with E-state index < -0.39 is 0 Å². The summed E-state index contributed by atoms with van der Waals surface area (Å²) in [5, 5.41) is 7.07. The van der Waals surface area contributed by atoms with Crippen LogP contribution in [0.1, 0.15) is 30.7 Å². The van der Waals surface area contributed by atoms with E-state index in [4.69, 9.17) is 9.72 Å². The van der Waals surface area contributed by atoms with Gasteiger partial charge in [-0.1, -0.05) is 55.5 Å². The van der Waals surface area contributed by atoms with E-state index >= 15 is 0 Å². The molecule has 2 aromatic carbocycles. The highest BCUT2D eigenvalue weighted by atomic mass is 16.5. The summed E-state index contributed by atoms with van der Waals surface area (Å²) in [6.45, 7) is 4.51. The predicted molar refractivity (Wildman–Crippen MR) is 124 cm³/mol. The van der Waals surface area contributed by atoms with Gasteiger partial charge in [0.25, 0.3) is 0 Å². The van der Waals surface area contributed by atoms with Crippen LogP contribution in [0, 0.1) is 0 Å². The largest absolute Gasteiger partial charge is 0.465 e. The summed E-state index contributed by atoms with van der Waals surface area (Å²) in [5.74, 6) is -0.506. The van der Waals surface area contributed by atoms with Gasteiger partial charge in [0.2, 0.25) is 5.91 Å². The van der Waals surface area contributed by atoms with E-state index in [1.807, 2.05) is 61.5 Å². The molecule has 6 nitrogen and oxygen atoms in total. The first-order valence-electron chi connectivity index (χ1n) is 10.4. The van der Waals surface area contributed by atoms with Crippen LogP contribution in [-0.2, 0) is 27.3 Å². The lowest BCUT2D eigenvalue weighted by Gasteiger charge is -2.17. The molecule has 0 spiro atoms. The number of anilines is 1. The van der Waals surface area contributed by atoms with Crippen molar-refractivity contribution in [2.75, 3.05) is 18.5 Å². The number of ether oxygens (including phenoxy) is 1. The second kappa shape index (κ2) is 10.9. The highest BCUT2D eigenvalue weighted by molar-refractivity contribution is 5.95. The van der Waals surface area contributed by atoms with Gasteiger partial charge < -0.3 is 15.4 Å². The molecule has 1 aromatic heterocycles. The minimum absolute atomic E-state index is 0.0699. The van der Waals surface area contributed by atoms with E-state index in [9.17, 15) is 9.59 Å². The Labute approximate surface area is 182 Å². The van der Waals surface area contributed by atoms with Crippen LogP contribution in [-0.4, -0.2) is 30.0 Å². The van der Waals surface area contributed by atoms with Crippen molar-refractivity contribution in [3.8, 4) is 0 Å². The number of nitrogens with one attached hydrogen (secondary N) is 2. The van der Waals surface area contributed by atoms with Crippen molar-refractivity contribution < 1.29 is 14.3 Å². The summed E-state index contributed by atoms with van der Waals surface area (Å²) in [6, 6.07) is 17.4. The number of aromatic nitrogens is 1. The molecular formula is C25H27N3O3. The Balaban J connectivity index is 1.81. The minimum atomic E-state index is -0.314. The van der Waals surface area contributed by atoms with Crippen molar-refractivity contribution in [2.24, 2.45) is 0 Å². The average Bonchev–Trinajstić information content (AvgIpc) is 2.80. The van der Waals surface area contributed by atoms with Gasteiger partial charge in [-0.2, -0.15) is 0 Å². The lowest BCUT2D eigenvalue weighted by molar-refractivity contribution is -0.140. The van der Waals surface area contributed by atoms with E-state index in [1.54, 1.807) is 13.0 Å². The van der Waals surface area contributed by atoms with E-state index in [0.717, 1.165) is 33.4 Å². The Bertz CT molecular complexity index is 1080. The van der Waals surface area contributed by atoms with Gasteiger partial charge in [0, 0.05) is 17.1 Å². The molecule has 160 valence electrons. The number of hydrogen-bond acceptors (Lipinski definition) is 5. The third-order valence-electron chi connectivity index (χ3n) is 4.80. The van der Waals surface area contributed by atoms with Crippen LogP contribution < -0.4 is 10.6 Å². The maximum Gasteiger partial charge on any atom is 0.325 e. The Kier molecular flexibility index (Phi) is 7.76. The molecule has 0 saturated carbocycles.